The molecular weight excluding hydrogens is 288 g/mol. The maximum atomic E-state index is 13.0. The molecule has 0 unspecified atom stereocenters. The zero-order chi connectivity index (χ0) is 15.9. The fourth-order valence-electron chi connectivity index (χ4n) is 1.72. The fraction of sp³-hybridized carbons (Fsp3) is 0.188. The molecule has 4 nitrogen and oxygen atoms in total. The first-order valence-electron chi connectivity index (χ1n) is 6.76. The highest BCUT2D eigenvalue weighted by Gasteiger charge is 2.02. The summed E-state index contributed by atoms with van der Waals surface area (Å²) in [5.74, 6) is -1.34. The smallest absolute Gasteiger partial charge is 0.193 e. The number of guanidine groups is 1. The Hall–Kier alpha value is -2.63. The molecular formula is C16H17F2N3O. The summed E-state index contributed by atoms with van der Waals surface area (Å²) in [5, 5.41) is 2.95. The molecule has 0 aliphatic heterocycles. The summed E-state index contributed by atoms with van der Waals surface area (Å²) in [6, 6.07) is 11.1. The van der Waals surface area contributed by atoms with Gasteiger partial charge in [0.25, 0.3) is 0 Å². The lowest BCUT2D eigenvalue weighted by Gasteiger charge is -2.07. The monoisotopic (exact) mass is 305 g/mol. The van der Waals surface area contributed by atoms with Crippen LogP contribution in [0.2, 0.25) is 0 Å². The molecule has 6 heteroatoms. The maximum absolute atomic E-state index is 13.0. The molecule has 0 fully saturated rings. The number of ether oxygens (including phenoxy) is 1. The lowest BCUT2D eigenvalue weighted by atomic mass is 10.2. The van der Waals surface area contributed by atoms with Crippen molar-refractivity contribution in [3.05, 3.63) is 59.7 Å². The quantitative estimate of drug-likeness (QED) is 0.507. The van der Waals surface area contributed by atoms with Crippen LogP contribution in [0, 0.1) is 18.6 Å². The van der Waals surface area contributed by atoms with Crippen molar-refractivity contribution in [3.63, 3.8) is 0 Å². The number of anilines is 1. The molecule has 116 valence electrons. The summed E-state index contributed by atoms with van der Waals surface area (Å²) in [6.45, 7) is 2.50. The summed E-state index contributed by atoms with van der Waals surface area (Å²) < 4.78 is 31.0. The van der Waals surface area contributed by atoms with Gasteiger partial charge in [0.15, 0.2) is 17.6 Å². The number of nitrogens with two attached hydrogens (primary N) is 1. The van der Waals surface area contributed by atoms with Gasteiger partial charge in [-0.15, -0.1) is 0 Å². The topological polar surface area (TPSA) is 59.6 Å². The summed E-state index contributed by atoms with van der Waals surface area (Å²) >= 11 is 0. The SMILES string of the molecule is Cc1ccc(NC(N)=NCCOc2ccc(F)c(F)c2)cc1. The molecule has 2 aromatic rings. The van der Waals surface area contributed by atoms with Crippen LogP contribution < -0.4 is 15.8 Å². The normalized spacial score (nSPS) is 11.3. The van der Waals surface area contributed by atoms with Crippen LogP contribution in [0.4, 0.5) is 14.5 Å². The first kappa shape index (κ1) is 15.8. The zero-order valence-electron chi connectivity index (χ0n) is 12.1. The number of hydrogen-bond acceptors (Lipinski definition) is 2. The van der Waals surface area contributed by atoms with E-state index in [1.54, 1.807) is 0 Å². The Morgan fingerprint density at radius 1 is 1.14 bits per heavy atom. The number of nitrogens with zero attached hydrogens (tertiary/aromatic N) is 1. The fourth-order valence-corrected chi connectivity index (χ4v) is 1.72. The third-order valence-corrected chi connectivity index (χ3v) is 2.86. The molecule has 0 aliphatic rings. The first-order valence-corrected chi connectivity index (χ1v) is 6.76. The minimum atomic E-state index is -0.943. The van der Waals surface area contributed by atoms with E-state index in [2.05, 4.69) is 10.3 Å². The second kappa shape index (κ2) is 7.40. The van der Waals surface area contributed by atoms with E-state index in [0.29, 0.717) is 6.54 Å². The van der Waals surface area contributed by atoms with Gasteiger partial charge in [-0.3, -0.25) is 0 Å². The van der Waals surface area contributed by atoms with Gasteiger partial charge in [0.2, 0.25) is 0 Å². The van der Waals surface area contributed by atoms with E-state index in [0.717, 1.165) is 23.4 Å². The summed E-state index contributed by atoms with van der Waals surface area (Å²) in [6.07, 6.45) is 0. The number of aliphatic imine (C=N–C) groups is 1. The van der Waals surface area contributed by atoms with Gasteiger partial charge in [-0.2, -0.15) is 0 Å². The van der Waals surface area contributed by atoms with E-state index in [4.69, 9.17) is 10.5 Å². The molecule has 0 saturated heterocycles. The molecule has 0 amide bonds. The van der Waals surface area contributed by atoms with Crippen molar-refractivity contribution in [2.24, 2.45) is 10.7 Å². The molecule has 0 radical (unpaired) electrons. The van der Waals surface area contributed by atoms with Crippen LogP contribution in [0.15, 0.2) is 47.5 Å². The Morgan fingerprint density at radius 3 is 2.55 bits per heavy atom. The van der Waals surface area contributed by atoms with Crippen molar-refractivity contribution in [2.45, 2.75) is 6.92 Å². The lowest BCUT2D eigenvalue weighted by Crippen LogP contribution is -2.23. The van der Waals surface area contributed by atoms with E-state index >= 15 is 0 Å². The van der Waals surface area contributed by atoms with Gasteiger partial charge in [0.05, 0.1) is 6.54 Å². The number of nitrogens with one attached hydrogen (secondary N) is 1. The highest BCUT2D eigenvalue weighted by atomic mass is 19.2. The van der Waals surface area contributed by atoms with Crippen LogP contribution >= 0.6 is 0 Å². The van der Waals surface area contributed by atoms with Crippen molar-refractivity contribution in [1.82, 2.24) is 0 Å². The Bertz CT molecular complexity index is 657. The first-order chi connectivity index (χ1) is 10.5. The van der Waals surface area contributed by atoms with Crippen LogP contribution in [0.3, 0.4) is 0 Å². The van der Waals surface area contributed by atoms with Gasteiger partial charge in [-0.25, -0.2) is 13.8 Å². The Morgan fingerprint density at radius 2 is 1.86 bits per heavy atom. The second-order valence-corrected chi connectivity index (χ2v) is 4.68. The van der Waals surface area contributed by atoms with Gasteiger partial charge in [-0.05, 0) is 31.2 Å². The van der Waals surface area contributed by atoms with Crippen LogP contribution in [-0.4, -0.2) is 19.1 Å². The molecule has 0 aromatic heterocycles. The van der Waals surface area contributed by atoms with Crippen LogP contribution in [-0.2, 0) is 0 Å². The average molecular weight is 305 g/mol. The Kier molecular flexibility index (Phi) is 5.30. The van der Waals surface area contributed by atoms with E-state index in [-0.39, 0.29) is 18.3 Å². The van der Waals surface area contributed by atoms with Crippen molar-refractivity contribution < 1.29 is 13.5 Å². The van der Waals surface area contributed by atoms with E-state index < -0.39 is 11.6 Å². The average Bonchev–Trinajstić information content (AvgIpc) is 2.49. The van der Waals surface area contributed by atoms with Crippen molar-refractivity contribution in [1.29, 1.82) is 0 Å². The van der Waals surface area contributed by atoms with Crippen LogP contribution in [0.5, 0.6) is 5.75 Å². The molecule has 0 heterocycles. The summed E-state index contributed by atoms with van der Waals surface area (Å²) in [5.41, 5.74) is 7.74. The van der Waals surface area contributed by atoms with Crippen molar-refractivity contribution >= 4 is 11.6 Å². The molecule has 0 spiro atoms. The van der Waals surface area contributed by atoms with Gasteiger partial charge in [-0.1, -0.05) is 17.7 Å². The minimum absolute atomic E-state index is 0.210. The van der Waals surface area contributed by atoms with Gasteiger partial charge in [0.1, 0.15) is 12.4 Å². The molecule has 3 N–H and O–H groups in total. The molecule has 0 atom stereocenters. The molecule has 0 saturated carbocycles. The van der Waals surface area contributed by atoms with Crippen molar-refractivity contribution in [2.75, 3.05) is 18.5 Å². The van der Waals surface area contributed by atoms with Crippen molar-refractivity contribution in [3.8, 4) is 5.75 Å². The highest BCUT2D eigenvalue weighted by Crippen LogP contribution is 2.15. The third kappa shape index (κ3) is 4.73. The standard InChI is InChI=1S/C16H17F2N3O/c1-11-2-4-12(5-3-11)21-16(19)20-8-9-22-13-6-7-14(17)15(18)10-13/h2-7,10H,8-9H2,1H3,(H3,19,20,21). The third-order valence-electron chi connectivity index (χ3n) is 2.86. The number of benzene rings is 2. The number of aryl methyl sites for hydroxylation is 1. The van der Waals surface area contributed by atoms with E-state index in [9.17, 15) is 8.78 Å². The van der Waals surface area contributed by atoms with Gasteiger partial charge >= 0.3 is 0 Å². The maximum Gasteiger partial charge on any atom is 0.193 e. The summed E-state index contributed by atoms with van der Waals surface area (Å²) in [7, 11) is 0. The van der Waals surface area contributed by atoms with Crippen LogP contribution in [0.25, 0.3) is 0 Å². The zero-order valence-corrected chi connectivity index (χ0v) is 12.1. The highest BCUT2D eigenvalue weighted by molar-refractivity contribution is 5.92. The lowest BCUT2D eigenvalue weighted by molar-refractivity contribution is 0.325. The molecule has 22 heavy (non-hydrogen) atoms. The Balaban J connectivity index is 1.79. The number of halogens is 2. The minimum Gasteiger partial charge on any atom is -0.492 e. The van der Waals surface area contributed by atoms with E-state index in [1.807, 2.05) is 31.2 Å². The van der Waals surface area contributed by atoms with Crippen LogP contribution in [0.1, 0.15) is 5.56 Å². The molecule has 0 aliphatic carbocycles. The Labute approximate surface area is 127 Å². The molecule has 2 aromatic carbocycles. The largest absolute Gasteiger partial charge is 0.492 e. The molecule has 0 bridgehead atoms. The second-order valence-electron chi connectivity index (χ2n) is 4.68. The predicted octanol–water partition coefficient (Wildman–Crippen LogP) is 3.08. The molecule has 2 rings (SSSR count). The predicted molar refractivity (Wildman–Crippen MR) is 83.1 cm³/mol. The van der Waals surface area contributed by atoms with Gasteiger partial charge in [0, 0.05) is 11.8 Å². The van der Waals surface area contributed by atoms with E-state index in [1.165, 1.54) is 6.07 Å². The number of rotatable bonds is 5. The summed E-state index contributed by atoms with van der Waals surface area (Å²) in [4.78, 5) is 4.09. The van der Waals surface area contributed by atoms with Gasteiger partial charge < -0.3 is 15.8 Å². The number of hydrogen-bond donors (Lipinski definition) is 2.